The molecule has 0 aliphatic heterocycles. The molecule has 1 aromatic heterocycles. The predicted octanol–water partition coefficient (Wildman–Crippen LogP) is 2.58. The highest BCUT2D eigenvalue weighted by Crippen LogP contribution is 2.62. The highest BCUT2D eigenvalue weighted by atomic mass is 16.6. The van der Waals surface area contributed by atoms with Crippen molar-refractivity contribution < 1.29 is 28.3 Å². The first-order valence-corrected chi connectivity index (χ1v) is 9.46. The average molecular weight is 375 g/mol. The summed E-state index contributed by atoms with van der Waals surface area (Å²) in [6.45, 7) is 1.53. The van der Waals surface area contributed by atoms with Gasteiger partial charge in [-0.05, 0) is 62.5 Å². The number of rotatable bonds is 5. The Hall–Kier alpha value is -2.31. The van der Waals surface area contributed by atoms with Crippen LogP contribution in [0, 0.1) is 17.3 Å². The maximum absolute atomic E-state index is 13.0. The zero-order chi connectivity index (χ0) is 19.2. The van der Waals surface area contributed by atoms with Gasteiger partial charge >= 0.3 is 11.9 Å². The molecule has 5 rings (SSSR count). The summed E-state index contributed by atoms with van der Waals surface area (Å²) in [6.07, 6.45) is 5.36. The summed E-state index contributed by atoms with van der Waals surface area (Å²) in [5.41, 5.74) is -0.790. The van der Waals surface area contributed by atoms with Crippen LogP contribution < -0.4 is 5.32 Å². The Morgan fingerprint density at radius 2 is 1.89 bits per heavy atom. The molecule has 1 amide bonds. The van der Waals surface area contributed by atoms with Crippen LogP contribution in [0.1, 0.15) is 61.8 Å². The summed E-state index contributed by atoms with van der Waals surface area (Å²) in [4.78, 5) is 36.2. The van der Waals surface area contributed by atoms with Crippen molar-refractivity contribution in [2.75, 3.05) is 7.11 Å². The van der Waals surface area contributed by atoms with Gasteiger partial charge < -0.3 is 19.2 Å². The van der Waals surface area contributed by atoms with Crippen LogP contribution in [0.4, 0.5) is 0 Å². The molecule has 4 bridgehead atoms. The molecule has 4 fully saturated rings. The minimum absolute atomic E-state index is 0.0138. The van der Waals surface area contributed by atoms with Crippen molar-refractivity contribution in [2.24, 2.45) is 17.3 Å². The molecule has 0 saturated heterocycles. The van der Waals surface area contributed by atoms with Crippen LogP contribution in [0.15, 0.2) is 16.5 Å². The van der Waals surface area contributed by atoms with Crippen LogP contribution in [0.5, 0.6) is 0 Å². The Balaban J connectivity index is 1.46. The number of hydrogen-bond donors (Lipinski definition) is 1. The molecule has 1 heterocycles. The van der Waals surface area contributed by atoms with E-state index in [1.54, 1.807) is 13.0 Å². The van der Waals surface area contributed by atoms with Crippen molar-refractivity contribution in [1.29, 1.82) is 0 Å². The predicted molar refractivity (Wildman–Crippen MR) is 93.5 cm³/mol. The maximum atomic E-state index is 13.0. The van der Waals surface area contributed by atoms with Gasteiger partial charge in [0.05, 0.1) is 12.5 Å². The quantitative estimate of drug-likeness (QED) is 0.795. The summed E-state index contributed by atoms with van der Waals surface area (Å²) in [6, 6.07) is 3.11. The molecule has 2 atom stereocenters. The standard InChI is InChI=1S/C20H25NO6/c1-12(22)21-20-8-13-5-14(9-20)7-19(6-13,11-20)18(24)26-10-15-3-4-16(27-15)17(23)25-2/h3-4,13-14H,5-11H2,1-2H3,(H,21,22)/t13-,14-,19?,20?/m1/s1. The Bertz CT molecular complexity index is 767. The van der Waals surface area contributed by atoms with Gasteiger partial charge in [-0.1, -0.05) is 0 Å². The minimum atomic E-state index is -0.564. The molecule has 1 N–H and O–H groups in total. The van der Waals surface area contributed by atoms with Crippen LogP contribution in [0.3, 0.4) is 0 Å². The molecule has 0 spiro atoms. The second kappa shape index (κ2) is 6.39. The molecule has 0 unspecified atom stereocenters. The Morgan fingerprint density at radius 1 is 1.19 bits per heavy atom. The van der Waals surface area contributed by atoms with E-state index in [4.69, 9.17) is 9.15 Å². The first-order valence-electron chi connectivity index (χ1n) is 9.46. The Morgan fingerprint density at radius 3 is 2.52 bits per heavy atom. The van der Waals surface area contributed by atoms with Gasteiger partial charge in [-0.3, -0.25) is 9.59 Å². The lowest BCUT2D eigenvalue weighted by Gasteiger charge is -2.60. The fourth-order valence-corrected chi connectivity index (χ4v) is 5.98. The van der Waals surface area contributed by atoms with Crippen molar-refractivity contribution in [1.82, 2.24) is 5.32 Å². The number of furan rings is 1. The molecule has 7 nitrogen and oxygen atoms in total. The molecule has 27 heavy (non-hydrogen) atoms. The van der Waals surface area contributed by atoms with Crippen molar-refractivity contribution in [2.45, 2.75) is 57.6 Å². The molecule has 1 aromatic rings. The summed E-state index contributed by atoms with van der Waals surface area (Å²) in [5.74, 6) is 0.591. The topological polar surface area (TPSA) is 94.8 Å². The highest BCUT2D eigenvalue weighted by Gasteiger charge is 2.61. The smallest absolute Gasteiger partial charge is 0.373 e. The van der Waals surface area contributed by atoms with Crippen molar-refractivity contribution in [3.63, 3.8) is 0 Å². The van der Waals surface area contributed by atoms with E-state index >= 15 is 0 Å². The van der Waals surface area contributed by atoms with Crippen LogP contribution in [-0.4, -0.2) is 30.5 Å². The van der Waals surface area contributed by atoms with Gasteiger partial charge in [0.1, 0.15) is 12.4 Å². The monoisotopic (exact) mass is 375 g/mol. The number of hydrogen-bond acceptors (Lipinski definition) is 6. The van der Waals surface area contributed by atoms with E-state index in [1.165, 1.54) is 13.2 Å². The zero-order valence-corrected chi connectivity index (χ0v) is 15.7. The lowest BCUT2D eigenvalue weighted by atomic mass is 9.47. The molecule has 0 radical (unpaired) electrons. The third-order valence-electron chi connectivity index (χ3n) is 6.33. The van der Waals surface area contributed by atoms with Crippen LogP contribution in [0.2, 0.25) is 0 Å². The number of carbonyl (C=O) groups is 3. The number of methoxy groups -OCH3 is 1. The van der Waals surface area contributed by atoms with Gasteiger partial charge in [0, 0.05) is 12.5 Å². The van der Waals surface area contributed by atoms with Crippen LogP contribution in [0.25, 0.3) is 0 Å². The first kappa shape index (κ1) is 18.1. The molecular weight excluding hydrogens is 350 g/mol. The van der Waals surface area contributed by atoms with Crippen molar-refractivity contribution >= 4 is 17.8 Å². The first-order chi connectivity index (χ1) is 12.8. The zero-order valence-electron chi connectivity index (χ0n) is 15.7. The second-order valence-electron chi connectivity index (χ2n) is 8.54. The van der Waals surface area contributed by atoms with Gasteiger partial charge in [-0.2, -0.15) is 0 Å². The van der Waals surface area contributed by atoms with E-state index in [0.29, 0.717) is 24.0 Å². The average Bonchev–Trinajstić information content (AvgIpc) is 3.05. The van der Waals surface area contributed by atoms with Gasteiger partial charge in [0.15, 0.2) is 0 Å². The number of ether oxygens (including phenoxy) is 2. The van der Waals surface area contributed by atoms with Gasteiger partial charge in [0.2, 0.25) is 11.7 Å². The highest BCUT2D eigenvalue weighted by molar-refractivity contribution is 5.86. The second-order valence-corrected chi connectivity index (χ2v) is 8.54. The number of esters is 2. The molecule has 4 aliphatic carbocycles. The lowest BCUT2D eigenvalue weighted by Crippen LogP contribution is -2.64. The van der Waals surface area contributed by atoms with Crippen LogP contribution >= 0.6 is 0 Å². The third-order valence-corrected chi connectivity index (χ3v) is 6.33. The van der Waals surface area contributed by atoms with E-state index < -0.39 is 11.4 Å². The van der Waals surface area contributed by atoms with E-state index in [1.807, 2.05) is 0 Å². The number of nitrogens with one attached hydrogen (secondary N) is 1. The normalized spacial score (nSPS) is 33.6. The molecule has 4 aliphatic rings. The molecule has 146 valence electrons. The van der Waals surface area contributed by atoms with Crippen molar-refractivity contribution in [3.05, 3.63) is 23.7 Å². The minimum Gasteiger partial charge on any atom is -0.463 e. The largest absolute Gasteiger partial charge is 0.463 e. The summed E-state index contributed by atoms with van der Waals surface area (Å²) in [7, 11) is 1.28. The lowest BCUT2D eigenvalue weighted by molar-refractivity contribution is -0.177. The Kier molecular flexibility index (Phi) is 4.28. The summed E-state index contributed by atoms with van der Waals surface area (Å²) >= 11 is 0. The van der Waals surface area contributed by atoms with Crippen LogP contribution in [-0.2, 0) is 25.7 Å². The molecule has 7 heteroatoms. The van der Waals surface area contributed by atoms with E-state index in [0.717, 1.165) is 32.1 Å². The van der Waals surface area contributed by atoms with Gasteiger partial charge in [-0.15, -0.1) is 0 Å². The van der Waals surface area contributed by atoms with Crippen molar-refractivity contribution in [3.8, 4) is 0 Å². The van der Waals surface area contributed by atoms with E-state index in [2.05, 4.69) is 10.1 Å². The molecule has 0 aromatic carbocycles. The number of carbonyl (C=O) groups excluding carboxylic acids is 3. The fourth-order valence-electron chi connectivity index (χ4n) is 5.98. The van der Waals surface area contributed by atoms with E-state index in [9.17, 15) is 14.4 Å². The SMILES string of the molecule is COC(=O)c1ccc(COC(=O)C23C[C@H]4C[C@@H](CC(NC(C)=O)(C4)C2)C3)o1. The fraction of sp³-hybridized carbons (Fsp3) is 0.650. The maximum Gasteiger partial charge on any atom is 0.373 e. The van der Waals surface area contributed by atoms with E-state index in [-0.39, 0.29) is 29.8 Å². The van der Waals surface area contributed by atoms with Gasteiger partial charge in [-0.25, -0.2) is 4.79 Å². The summed E-state index contributed by atoms with van der Waals surface area (Å²) in [5, 5.41) is 3.15. The third kappa shape index (κ3) is 3.24. The molecular formula is C20H25NO6. The van der Waals surface area contributed by atoms with Gasteiger partial charge in [0.25, 0.3) is 0 Å². The Labute approximate surface area is 157 Å². The summed E-state index contributed by atoms with van der Waals surface area (Å²) < 4.78 is 15.6. The number of amides is 1. The molecule has 4 saturated carbocycles.